The van der Waals surface area contributed by atoms with E-state index in [2.05, 4.69) is 17.2 Å². The molecule has 0 unspecified atom stereocenters. The van der Waals surface area contributed by atoms with Crippen LogP contribution < -0.4 is 0 Å². The Morgan fingerprint density at radius 3 is 2.75 bits per heavy atom. The van der Waals surface area contributed by atoms with Gasteiger partial charge in [0.05, 0.1) is 41.7 Å². The van der Waals surface area contributed by atoms with Gasteiger partial charge in [-0.15, -0.1) is 0 Å². The molecule has 0 saturated carbocycles. The first kappa shape index (κ1) is 23.5. The van der Waals surface area contributed by atoms with Crippen molar-refractivity contribution in [2.75, 3.05) is 20.2 Å². The van der Waals surface area contributed by atoms with Gasteiger partial charge in [-0.2, -0.15) is 20.7 Å². The van der Waals surface area contributed by atoms with Gasteiger partial charge >= 0.3 is 6.09 Å². The summed E-state index contributed by atoms with van der Waals surface area (Å²) in [5.41, 5.74) is 4.43. The Hall–Kier alpha value is -4.28. The highest BCUT2D eigenvalue weighted by atomic mass is 32.2. The predicted octanol–water partition coefficient (Wildman–Crippen LogP) is 4.80. The molecule has 1 atom stereocenters. The first-order valence-electron chi connectivity index (χ1n) is 11.5. The van der Waals surface area contributed by atoms with Gasteiger partial charge in [0.2, 0.25) is 0 Å². The van der Waals surface area contributed by atoms with E-state index in [1.54, 1.807) is 21.7 Å². The fraction of sp³-hybridized carbons (Fsp3) is 0.269. The van der Waals surface area contributed by atoms with Gasteiger partial charge in [-0.05, 0) is 38.0 Å². The normalized spacial score (nSPS) is 15.4. The number of carbonyl (C=O) groups excluding carboxylic acids is 1. The number of hydrogen-bond donors (Lipinski definition) is 0. The molecule has 0 radical (unpaired) electrons. The molecule has 9 nitrogen and oxygen atoms in total. The lowest BCUT2D eigenvalue weighted by molar-refractivity contribution is 0.101. The van der Waals surface area contributed by atoms with Crippen LogP contribution in [0.3, 0.4) is 0 Å². The van der Waals surface area contributed by atoms with Gasteiger partial charge in [0, 0.05) is 46.4 Å². The van der Waals surface area contributed by atoms with Gasteiger partial charge < -0.3 is 9.64 Å². The summed E-state index contributed by atoms with van der Waals surface area (Å²) < 4.78 is 8.55. The molecule has 1 aliphatic heterocycles. The molecule has 3 aromatic heterocycles. The summed E-state index contributed by atoms with van der Waals surface area (Å²) in [6, 6.07) is 13.9. The van der Waals surface area contributed by atoms with Crippen molar-refractivity contribution < 1.29 is 9.53 Å². The zero-order valence-corrected chi connectivity index (χ0v) is 20.7. The fourth-order valence-electron chi connectivity index (χ4n) is 4.58. The van der Waals surface area contributed by atoms with Gasteiger partial charge in [0.25, 0.3) is 0 Å². The molecule has 1 fully saturated rings. The van der Waals surface area contributed by atoms with E-state index in [1.165, 1.54) is 18.9 Å². The predicted molar refractivity (Wildman–Crippen MR) is 133 cm³/mol. The highest BCUT2D eigenvalue weighted by Gasteiger charge is 2.27. The minimum Gasteiger partial charge on any atom is -0.453 e. The van der Waals surface area contributed by atoms with Crippen molar-refractivity contribution >= 4 is 23.4 Å². The number of aryl methyl sites for hydroxylation is 1. The third-order valence-electron chi connectivity index (χ3n) is 6.36. The average molecular weight is 498 g/mol. The molecule has 0 bridgehead atoms. The molecule has 1 aliphatic rings. The molecule has 4 aromatic rings. The number of methoxy groups -OCH3 is 1. The molecular weight excluding hydrogens is 474 g/mol. The fourth-order valence-corrected chi connectivity index (χ4v) is 5.67. The zero-order valence-electron chi connectivity index (χ0n) is 19.9. The first-order chi connectivity index (χ1) is 17.5. The van der Waals surface area contributed by atoms with E-state index in [0.717, 1.165) is 39.5 Å². The largest absolute Gasteiger partial charge is 0.453 e. The number of amides is 1. The Kier molecular flexibility index (Phi) is 6.36. The van der Waals surface area contributed by atoms with E-state index >= 15 is 0 Å². The lowest BCUT2D eigenvalue weighted by atomic mass is 10.1. The van der Waals surface area contributed by atoms with Gasteiger partial charge in [-0.25, -0.2) is 9.31 Å². The lowest BCUT2D eigenvalue weighted by Gasteiger charge is -2.31. The number of ether oxygens (including phenoxy) is 1. The molecule has 1 amide bonds. The van der Waals surface area contributed by atoms with E-state index in [9.17, 15) is 15.3 Å². The van der Waals surface area contributed by atoms with Crippen molar-refractivity contribution in [2.24, 2.45) is 0 Å². The Labute approximate surface area is 212 Å². The van der Waals surface area contributed by atoms with Crippen molar-refractivity contribution in [1.29, 1.82) is 10.5 Å². The standard InChI is InChI=1S/C26H23N7O2S/c1-17-22(16-32(30-17)21-7-5-9-31(15-21)26(34)35-2)19-10-24(25-20(12-28)13-29-33(25)14-19)36-23-8-4-3-6-18(23)11-27/h3-4,6,8,10,13-14,16,21H,5,7,9,15H2,1-2H3/t21-/m0/s1. The quantitative estimate of drug-likeness (QED) is 0.398. The van der Waals surface area contributed by atoms with Crippen LogP contribution in [0.4, 0.5) is 4.79 Å². The van der Waals surface area contributed by atoms with Crippen LogP contribution in [0.5, 0.6) is 0 Å². The zero-order chi connectivity index (χ0) is 25.2. The molecule has 4 heterocycles. The summed E-state index contributed by atoms with van der Waals surface area (Å²) in [7, 11) is 1.40. The van der Waals surface area contributed by atoms with Crippen molar-refractivity contribution in [3.8, 4) is 23.3 Å². The van der Waals surface area contributed by atoms with Crippen LogP contribution in [-0.2, 0) is 4.74 Å². The summed E-state index contributed by atoms with van der Waals surface area (Å²) >= 11 is 1.44. The Morgan fingerprint density at radius 1 is 1.17 bits per heavy atom. The summed E-state index contributed by atoms with van der Waals surface area (Å²) in [4.78, 5) is 15.4. The number of benzene rings is 1. The minimum atomic E-state index is -0.319. The first-order valence-corrected chi connectivity index (χ1v) is 12.3. The maximum absolute atomic E-state index is 12.0. The van der Waals surface area contributed by atoms with Crippen LogP contribution >= 0.6 is 11.8 Å². The summed E-state index contributed by atoms with van der Waals surface area (Å²) in [5.74, 6) is 0. The third kappa shape index (κ3) is 4.28. The Morgan fingerprint density at radius 2 is 1.97 bits per heavy atom. The van der Waals surface area contributed by atoms with E-state index in [1.807, 2.05) is 48.3 Å². The number of nitriles is 2. The number of nitrogens with zero attached hydrogens (tertiary/aromatic N) is 7. The molecule has 180 valence electrons. The number of likely N-dealkylation sites (tertiary alicyclic amines) is 1. The topological polar surface area (TPSA) is 112 Å². The number of fused-ring (bicyclic) bond motifs is 1. The Balaban J connectivity index is 1.55. The summed E-state index contributed by atoms with van der Waals surface area (Å²) in [6.07, 6.45) is 6.94. The van der Waals surface area contributed by atoms with Crippen LogP contribution in [0.2, 0.25) is 0 Å². The number of carbonyl (C=O) groups is 1. The van der Waals surface area contributed by atoms with Crippen molar-refractivity contribution in [2.45, 2.75) is 35.6 Å². The molecular formula is C26H23N7O2S. The monoisotopic (exact) mass is 497 g/mol. The van der Waals surface area contributed by atoms with E-state index < -0.39 is 0 Å². The second-order valence-electron chi connectivity index (χ2n) is 8.59. The van der Waals surface area contributed by atoms with Crippen LogP contribution in [0, 0.1) is 29.6 Å². The molecule has 1 aromatic carbocycles. The maximum Gasteiger partial charge on any atom is 0.409 e. The third-order valence-corrected chi connectivity index (χ3v) is 7.46. The van der Waals surface area contributed by atoms with Crippen LogP contribution in [0.1, 0.15) is 35.7 Å². The van der Waals surface area contributed by atoms with Gasteiger partial charge in [-0.1, -0.05) is 23.9 Å². The second kappa shape index (κ2) is 9.76. The second-order valence-corrected chi connectivity index (χ2v) is 9.67. The van der Waals surface area contributed by atoms with Crippen molar-refractivity contribution in [3.05, 3.63) is 65.7 Å². The van der Waals surface area contributed by atoms with Gasteiger partial charge in [0.15, 0.2) is 0 Å². The number of aromatic nitrogens is 4. The molecule has 1 saturated heterocycles. The minimum absolute atomic E-state index is 0.0558. The van der Waals surface area contributed by atoms with Crippen molar-refractivity contribution in [1.82, 2.24) is 24.3 Å². The number of hydrogen-bond acceptors (Lipinski definition) is 7. The average Bonchev–Trinajstić information content (AvgIpc) is 3.52. The molecule has 5 rings (SSSR count). The molecule has 0 N–H and O–H groups in total. The SMILES string of the molecule is COC(=O)N1CCC[C@H](n2cc(-c3cc(Sc4ccccc4C#N)c4c(C#N)cnn4c3)c(C)n2)C1. The summed E-state index contributed by atoms with van der Waals surface area (Å²) in [6.45, 7) is 3.18. The number of piperidine rings is 1. The Bertz CT molecular complexity index is 1540. The number of rotatable bonds is 4. The van der Waals surface area contributed by atoms with Crippen LogP contribution in [0.15, 0.2) is 58.7 Å². The molecule has 0 aliphatic carbocycles. The van der Waals surface area contributed by atoms with Crippen molar-refractivity contribution in [3.63, 3.8) is 0 Å². The van der Waals surface area contributed by atoms with E-state index in [0.29, 0.717) is 29.7 Å². The molecule has 10 heteroatoms. The molecule has 0 spiro atoms. The van der Waals surface area contributed by atoms with Crippen LogP contribution in [0.25, 0.3) is 16.6 Å². The maximum atomic E-state index is 12.0. The highest BCUT2D eigenvalue weighted by Crippen LogP contribution is 2.38. The van der Waals surface area contributed by atoms with Gasteiger partial charge in [-0.3, -0.25) is 4.68 Å². The lowest BCUT2D eigenvalue weighted by Crippen LogP contribution is -2.40. The van der Waals surface area contributed by atoms with E-state index in [4.69, 9.17) is 9.84 Å². The smallest absolute Gasteiger partial charge is 0.409 e. The summed E-state index contributed by atoms with van der Waals surface area (Å²) in [5, 5.41) is 28.4. The number of pyridine rings is 1. The molecule has 36 heavy (non-hydrogen) atoms. The van der Waals surface area contributed by atoms with Crippen LogP contribution in [-0.4, -0.2) is 50.6 Å². The van der Waals surface area contributed by atoms with E-state index in [-0.39, 0.29) is 12.1 Å². The highest BCUT2D eigenvalue weighted by molar-refractivity contribution is 7.99. The van der Waals surface area contributed by atoms with Gasteiger partial charge in [0.1, 0.15) is 12.1 Å².